The number of thiophene rings is 2. The van der Waals surface area contributed by atoms with Crippen LogP contribution in [0, 0.1) is 0 Å². The van der Waals surface area contributed by atoms with Crippen molar-refractivity contribution in [1.82, 2.24) is 19.8 Å². The van der Waals surface area contributed by atoms with Gasteiger partial charge in [-0.1, -0.05) is 12.2 Å². The first kappa shape index (κ1) is 30.6. The molecular weight excluding hydrogens is 593 g/mol. The minimum atomic E-state index is -0.528. The summed E-state index contributed by atoms with van der Waals surface area (Å²) in [4.78, 5) is 42.3. The quantitative estimate of drug-likeness (QED) is 0.303. The van der Waals surface area contributed by atoms with Crippen LogP contribution in [0.4, 0.5) is 9.59 Å². The SMILES string of the molecule is CC(C)(C)OC(=O)N1CCC[C@H]1C1=CC=C(c2ccc(-c3ccc(-c4cnc([C@@H]5CCCN5C(=O)OC(C)(C)C)[nH]4)s3)s2)C1. The van der Waals surface area contributed by atoms with Crippen molar-refractivity contribution < 1.29 is 19.1 Å². The van der Waals surface area contributed by atoms with Gasteiger partial charge in [0.1, 0.15) is 17.0 Å². The van der Waals surface area contributed by atoms with Crippen molar-refractivity contribution >= 4 is 40.4 Å². The summed E-state index contributed by atoms with van der Waals surface area (Å²) in [6.07, 6.45) is 10.4. The molecule has 0 saturated carbocycles. The Kier molecular flexibility index (Phi) is 8.26. The Morgan fingerprint density at radius 1 is 0.795 bits per heavy atom. The van der Waals surface area contributed by atoms with E-state index in [0.29, 0.717) is 6.54 Å². The average molecular weight is 635 g/mol. The van der Waals surface area contributed by atoms with Gasteiger partial charge in [-0.15, -0.1) is 22.7 Å². The normalized spacial score (nSPS) is 20.7. The molecule has 2 fully saturated rings. The number of aromatic amines is 1. The number of likely N-dealkylation sites (tertiary alicyclic amines) is 2. The van der Waals surface area contributed by atoms with E-state index in [-0.39, 0.29) is 24.3 Å². The number of nitrogens with zero attached hydrogens (tertiary/aromatic N) is 3. The molecule has 8 nitrogen and oxygen atoms in total. The van der Waals surface area contributed by atoms with E-state index in [4.69, 9.17) is 9.47 Å². The van der Waals surface area contributed by atoms with Gasteiger partial charge < -0.3 is 19.4 Å². The van der Waals surface area contributed by atoms with Gasteiger partial charge in [0.15, 0.2) is 0 Å². The van der Waals surface area contributed by atoms with Crippen LogP contribution in [0.2, 0.25) is 0 Å². The standard InChI is InChI=1S/C34H42N4O4S2/c1-33(2,3)41-31(39)37-17-7-9-24(37)21-11-12-22(19-21)26-13-15-28(43-26)29-16-14-27(44-29)23-20-35-30(36-23)25-10-8-18-38(25)32(40)42-34(4,5)6/h11-16,20,24-25H,7-10,17-19H2,1-6H3,(H,35,36)/t24-,25-/m0/s1. The average Bonchev–Trinajstić information content (AvgIpc) is 3.77. The van der Waals surface area contributed by atoms with E-state index in [1.165, 1.54) is 25.8 Å². The Morgan fingerprint density at radius 3 is 1.98 bits per heavy atom. The van der Waals surface area contributed by atoms with Gasteiger partial charge in [-0.25, -0.2) is 14.6 Å². The number of allylic oxidation sites excluding steroid dienone is 3. The van der Waals surface area contributed by atoms with E-state index >= 15 is 0 Å². The van der Waals surface area contributed by atoms with Gasteiger partial charge in [-0.05, 0) is 109 Å². The molecule has 0 radical (unpaired) electrons. The highest BCUT2D eigenvalue weighted by atomic mass is 32.1. The zero-order chi connectivity index (χ0) is 31.2. The monoisotopic (exact) mass is 634 g/mol. The molecule has 2 aliphatic heterocycles. The Bertz CT molecular complexity index is 1600. The maximum atomic E-state index is 12.8. The molecule has 10 heteroatoms. The van der Waals surface area contributed by atoms with E-state index < -0.39 is 11.2 Å². The molecule has 2 amide bonds. The lowest BCUT2D eigenvalue weighted by molar-refractivity contribution is 0.0215. The fourth-order valence-electron chi connectivity index (χ4n) is 6.11. The summed E-state index contributed by atoms with van der Waals surface area (Å²) < 4.78 is 11.3. The van der Waals surface area contributed by atoms with Crippen molar-refractivity contribution in [3.05, 3.63) is 58.9 Å². The van der Waals surface area contributed by atoms with Crippen LogP contribution in [-0.2, 0) is 9.47 Å². The lowest BCUT2D eigenvalue weighted by Crippen LogP contribution is -2.40. The van der Waals surface area contributed by atoms with Crippen molar-refractivity contribution in [1.29, 1.82) is 0 Å². The summed E-state index contributed by atoms with van der Waals surface area (Å²) >= 11 is 3.54. The predicted molar refractivity (Wildman–Crippen MR) is 177 cm³/mol. The second-order valence-corrected chi connectivity index (χ2v) is 16.0. The van der Waals surface area contributed by atoms with E-state index in [1.807, 2.05) is 52.6 Å². The number of nitrogens with one attached hydrogen (secondary N) is 1. The number of hydrogen-bond acceptors (Lipinski definition) is 7. The summed E-state index contributed by atoms with van der Waals surface area (Å²) in [6.45, 7) is 12.8. The van der Waals surface area contributed by atoms with Gasteiger partial charge in [0.05, 0.1) is 28.9 Å². The third kappa shape index (κ3) is 6.66. The molecule has 1 aliphatic carbocycles. The van der Waals surface area contributed by atoms with E-state index in [1.54, 1.807) is 27.6 Å². The summed E-state index contributed by atoms with van der Waals surface area (Å²) in [6, 6.07) is 8.72. The van der Waals surface area contributed by atoms with Crippen molar-refractivity contribution in [2.24, 2.45) is 0 Å². The van der Waals surface area contributed by atoms with Crippen LogP contribution in [-0.4, -0.2) is 62.3 Å². The summed E-state index contributed by atoms with van der Waals surface area (Å²) in [5.41, 5.74) is 2.53. The molecule has 0 spiro atoms. The van der Waals surface area contributed by atoms with Crippen LogP contribution < -0.4 is 0 Å². The zero-order valence-electron chi connectivity index (χ0n) is 26.4. The molecule has 5 heterocycles. The van der Waals surface area contributed by atoms with Gasteiger partial charge in [0.25, 0.3) is 0 Å². The second-order valence-electron chi connectivity index (χ2n) is 13.8. The molecule has 3 aromatic rings. The van der Waals surface area contributed by atoms with Gasteiger partial charge in [0, 0.05) is 27.7 Å². The van der Waals surface area contributed by atoms with Gasteiger partial charge in [0.2, 0.25) is 0 Å². The summed E-state index contributed by atoms with van der Waals surface area (Å²) in [5, 5.41) is 0. The Balaban J connectivity index is 1.10. The van der Waals surface area contributed by atoms with Crippen molar-refractivity contribution in [2.75, 3.05) is 13.1 Å². The number of hydrogen-bond donors (Lipinski definition) is 1. The molecule has 0 unspecified atom stereocenters. The molecule has 234 valence electrons. The molecule has 3 aromatic heterocycles. The zero-order valence-corrected chi connectivity index (χ0v) is 28.1. The lowest BCUT2D eigenvalue weighted by Gasteiger charge is -2.29. The van der Waals surface area contributed by atoms with Crippen molar-refractivity contribution in [3.63, 3.8) is 0 Å². The van der Waals surface area contributed by atoms with Crippen LogP contribution in [0.25, 0.3) is 25.9 Å². The number of H-pyrrole nitrogens is 1. The molecule has 0 aromatic carbocycles. The molecule has 3 aliphatic rings. The fourth-order valence-corrected chi connectivity index (χ4v) is 8.20. The first-order valence-electron chi connectivity index (χ1n) is 15.5. The Morgan fingerprint density at radius 2 is 1.34 bits per heavy atom. The topological polar surface area (TPSA) is 87.8 Å². The van der Waals surface area contributed by atoms with Gasteiger partial charge >= 0.3 is 12.2 Å². The third-order valence-electron chi connectivity index (χ3n) is 8.03. The van der Waals surface area contributed by atoms with Crippen molar-refractivity contribution in [2.45, 2.75) is 96.9 Å². The third-order valence-corrected chi connectivity index (χ3v) is 10.5. The lowest BCUT2D eigenvalue weighted by atomic mass is 10.0. The first-order chi connectivity index (χ1) is 20.8. The van der Waals surface area contributed by atoms with Gasteiger partial charge in [-0.2, -0.15) is 0 Å². The van der Waals surface area contributed by atoms with Gasteiger partial charge in [-0.3, -0.25) is 4.90 Å². The highest BCUT2D eigenvalue weighted by molar-refractivity contribution is 7.24. The molecule has 6 rings (SSSR count). The Labute approximate surface area is 267 Å². The number of carbonyl (C=O) groups is 2. The smallest absolute Gasteiger partial charge is 0.410 e. The van der Waals surface area contributed by atoms with Crippen LogP contribution >= 0.6 is 22.7 Å². The summed E-state index contributed by atoms with van der Waals surface area (Å²) in [5.74, 6) is 0.806. The second kappa shape index (κ2) is 11.9. The minimum Gasteiger partial charge on any atom is -0.444 e. The number of aromatic nitrogens is 2. The summed E-state index contributed by atoms with van der Waals surface area (Å²) in [7, 11) is 0. The number of imidazole rings is 1. The predicted octanol–water partition coefficient (Wildman–Crippen LogP) is 9.05. The van der Waals surface area contributed by atoms with E-state index in [2.05, 4.69) is 46.4 Å². The fraction of sp³-hybridized carbons (Fsp3) is 0.500. The Hall–Kier alpha value is -3.37. The number of carbonyl (C=O) groups excluding carboxylic acids is 2. The maximum absolute atomic E-state index is 12.8. The largest absolute Gasteiger partial charge is 0.444 e. The molecule has 1 N–H and O–H groups in total. The molecule has 2 atom stereocenters. The molecule has 0 bridgehead atoms. The minimum absolute atomic E-state index is 0.100. The maximum Gasteiger partial charge on any atom is 0.410 e. The van der Waals surface area contributed by atoms with Crippen molar-refractivity contribution in [3.8, 4) is 20.3 Å². The molecular formula is C34H42N4O4S2. The first-order valence-corrected chi connectivity index (χ1v) is 17.1. The number of amides is 2. The van der Waals surface area contributed by atoms with Crippen LogP contribution in [0.3, 0.4) is 0 Å². The number of ether oxygens (including phenoxy) is 2. The molecule has 44 heavy (non-hydrogen) atoms. The number of rotatable bonds is 5. The van der Waals surface area contributed by atoms with Crippen LogP contribution in [0.5, 0.6) is 0 Å². The van der Waals surface area contributed by atoms with E-state index in [9.17, 15) is 9.59 Å². The van der Waals surface area contributed by atoms with Crippen LogP contribution in [0.15, 0.2) is 48.2 Å². The molecule has 2 saturated heterocycles. The van der Waals surface area contributed by atoms with E-state index in [0.717, 1.165) is 55.0 Å². The highest BCUT2D eigenvalue weighted by Gasteiger charge is 2.36. The van der Waals surface area contributed by atoms with Crippen LogP contribution in [0.1, 0.15) is 90.4 Å². The highest BCUT2D eigenvalue weighted by Crippen LogP contribution is 2.43.